The quantitative estimate of drug-likeness (QED) is 0.409. The molecule has 0 saturated heterocycles. The van der Waals surface area contributed by atoms with Crippen LogP contribution < -0.4 is 75.1 Å². The molecule has 0 aliphatic rings. The van der Waals surface area contributed by atoms with Crippen molar-refractivity contribution >= 4 is 17.8 Å². The van der Waals surface area contributed by atoms with E-state index in [4.69, 9.17) is 5.73 Å². The van der Waals surface area contributed by atoms with Gasteiger partial charge in [-0.3, -0.25) is 4.79 Å². The summed E-state index contributed by atoms with van der Waals surface area (Å²) >= 11 is 0. The molecule has 0 heterocycles. The molecule has 0 unspecified atom stereocenters. The third-order valence-corrected chi connectivity index (χ3v) is 2.99. The zero-order chi connectivity index (χ0) is 16.2. The molecule has 0 aromatic heterocycles. The topological polar surface area (TPSA) is 123 Å². The Morgan fingerprint density at radius 2 is 1.48 bits per heavy atom. The summed E-state index contributed by atoms with van der Waals surface area (Å²) in [5.41, 5.74) is 5.27. The molecule has 0 fully saturated rings. The molecule has 23 heavy (non-hydrogen) atoms. The van der Waals surface area contributed by atoms with E-state index in [0.29, 0.717) is 5.56 Å². The van der Waals surface area contributed by atoms with E-state index in [2.05, 4.69) is 0 Å². The number of carbonyl (C=O) groups excluding carboxylic acids is 3. The van der Waals surface area contributed by atoms with Gasteiger partial charge in [0.1, 0.15) is 0 Å². The minimum absolute atomic E-state index is 0. The van der Waals surface area contributed by atoms with Crippen molar-refractivity contribution in [2.45, 2.75) is 20.3 Å². The molecule has 6 nitrogen and oxygen atoms in total. The van der Waals surface area contributed by atoms with Gasteiger partial charge in [-0.05, 0) is 41.2 Å². The van der Waals surface area contributed by atoms with Gasteiger partial charge in [-0.25, -0.2) is 0 Å². The fourth-order valence-corrected chi connectivity index (χ4v) is 1.98. The average Bonchev–Trinajstić information content (AvgIpc) is 2.37. The Hall–Kier alpha value is -0.630. The SMILES string of the molecule is CC(C)/C(C(=O)[O-])=C(\Cc1ccc(C(N)=O)cc1)C(=O)[O-].[Na+].[Na+]. The number of carboxylic acid groups (broad SMARTS) is 2. The van der Waals surface area contributed by atoms with Crippen LogP contribution in [0.25, 0.3) is 0 Å². The molecule has 8 heteroatoms. The Morgan fingerprint density at radius 3 is 1.78 bits per heavy atom. The van der Waals surface area contributed by atoms with E-state index in [-0.39, 0.29) is 82.2 Å². The van der Waals surface area contributed by atoms with E-state index >= 15 is 0 Å². The first-order chi connectivity index (χ1) is 9.73. The normalized spacial score (nSPS) is 10.9. The predicted molar refractivity (Wildman–Crippen MR) is 70.5 cm³/mol. The Balaban J connectivity index is 0. The van der Waals surface area contributed by atoms with Crippen molar-refractivity contribution in [1.82, 2.24) is 0 Å². The zero-order valence-electron chi connectivity index (χ0n) is 13.7. The second-order valence-corrected chi connectivity index (χ2v) is 4.86. The number of aliphatic carboxylic acids is 2. The Bertz CT molecular complexity index is 609. The first-order valence-electron chi connectivity index (χ1n) is 6.28. The van der Waals surface area contributed by atoms with Gasteiger partial charge < -0.3 is 25.5 Å². The molecule has 0 spiro atoms. The summed E-state index contributed by atoms with van der Waals surface area (Å²) in [6.07, 6.45) is -0.136. The van der Waals surface area contributed by atoms with Gasteiger partial charge >= 0.3 is 59.1 Å². The standard InChI is InChI=1S/C15H17NO5.2Na/c1-8(2)12(15(20)21)11(14(18)19)7-9-3-5-10(6-4-9)13(16)17;;/h3-6,8H,7H2,1-2H3,(H2,16,17)(H,18,19)(H,20,21);;/q;2*+1/p-2/b12-11-;;. The number of carboxylic acids is 2. The third kappa shape index (κ3) is 7.20. The number of hydrogen-bond donors (Lipinski definition) is 1. The fraction of sp³-hybridized carbons (Fsp3) is 0.267. The van der Waals surface area contributed by atoms with Crippen molar-refractivity contribution in [3.8, 4) is 0 Å². The van der Waals surface area contributed by atoms with E-state index < -0.39 is 23.8 Å². The maximum atomic E-state index is 11.2. The van der Waals surface area contributed by atoms with Crippen molar-refractivity contribution in [1.29, 1.82) is 0 Å². The van der Waals surface area contributed by atoms with Gasteiger partial charge in [0.15, 0.2) is 0 Å². The van der Waals surface area contributed by atoms with Gasteiger partial charge in [-0.2, -0.15) is 0 Å². The molecular weight excluding hydrogens is 320 g/mol. The molecule has 1 aromatic carbocycles. The van der Waals surface area contributed by atoms with Crippen LogP contribution in [0.1, 0.15) is 29.8 Å². The van der Waals surface area contributed by atoms with Crippen molar-refractivity contribution in [2.75, 3.05) is 0 Å². The summed E-state index contributed by atoms with van der Waals surface area (Å²) in [5.74, 6) is -4.21. The van der Waals surface area contributed by atoms with Gasteiger partial charge in [0.2, 0.25) is 5.91 Å². The van der Waals surface area contributed by atoms with Crippen molar-refractivity contribution in [2.24, 2.45) is 11.7 Å². The molecule has 0 aliphatic carbocycles. The second-order valence-electron chi connectivity index (χ2n) is 4.86. The number of primary amides is 1. The predicted octanol–water partition coefficient (Wildman–Crippen LogP) is -7.21. The molecule has 2 N–H and O–H groups in total. The van der Waals surface area contributed by atoms with Crippen LogP contribution in [0.5, 0.6) is 0 Å². The van der Waals surface area contributed by atoms with Gasteiger partial charge in [-0.15, -0.1) is 0 Å². The van der Waals surface area contributed by atoms with Crippen LogP contribution in [0.2, 0.25) is 0 Å². The summed E-state index contributed by atoms with van der Waals surface area (Å²) in [6.45, 7) is 3.12. The summed E-state index contributed by atoms with van der Waals surface area (Å²) in [4.78, 5) is 33.2. The van der Waals surface area contributed by atoms with Gasteiger partial charge in [0, 0.05) is 5.56 Å². The van der Waals surface area contributed by atoms with Crippen molar-refractivity contribution in [3.63, 3.8) is 0 Å². The van der Waals surface area contributed by atoms with E-state index in [1.165, 1.54) is 24.3 Å². The number of rotatable bonds is 6. The van der Waals surface area contributed by atoms with Gasteiger partial charge in [-0.1, -0.05) is 26.0 Å². The van der Waals surface area contributed by atoms with Gasteiger partial charge in [0.05, 0.1) is 11.9 Å². The van der Waals surface area contributed by atoms with Crippen molar-refractivity contribution < 1.29 is 83.7 Å². The first kappa shape index (κ1) is 24.6. The molecule has 0 saturated carbocycles. The molecule has 0 atom stereocenters. The molecule has 0 bridgehead atoms. The summed E-state index contributed by atoms with van der Waals surface area (Å²) in [6, 6.07) is 5.91. The van der Waals surface area contributed by atoms with E-state index in [0.717, 1.165) is 0 Å². The van der Waals surface area contributed by atoms with Gasteiger partial charge in [0.25, 0.3) is 0 Å². The number of hydrogen-bond acceptors (Lipinski definition) is 5. The summed E-state index contributed by atoms with van der Waals surface area (Å²) < 4.78 is 0. The number of carbonyl (C=O) groups is 3. The number of nitrogens with two attached hydrogens (primary N) is 1. The molecule has 1 aromatic rings. The minimum Gasteiger partial charge on any atom is -0.545 e. The maximum Gasteiger partial charge on any atom is 1.00 e. The van der Waals surface area contributed by atoms with Crippen LogP contribution in [0.4, 0.5) is 0 Å². The molecule has 1 rings (SSSR count). The van der Waals surface area contributed by atoms with E-state index in [9.17, 15) is 24.6 Å². The summed E-state index contributed by atoms with van der Waals surface area (Å²) in [7, 11) is 0. The Morgan fingerprint density at radius 1 is 1.00 bits per heavy atom. The number of amides is 1. The third-order valence-electron chi connectivity index (χ3n) is 2.99. The monoisotopic (exact) mass is 335 g/mol. The van der Waals surface area contributed by atoms with Crippen LogP contribution in [-0.2, 0) is 16.0 Å². The second kappa shape index (κ2) is 11.0. The van der Waals surface area contributed by atoms with Crippen LogP contribution in [0, 0.1) is 5.92 Å². The maximum absolute atomic E-state index is 11.2. The zero-order valence-corrected chi connectivity index (χ0v) is 17.7. The largest absolute Gasteiger partial charge is 1.00 e. The molecular formula is C15H15NNa2O5. The van der Waals surface area contributed by atoms with Crippen LogP contribution in [0.3, 0.4) is 0 Å². The summed E-state index contributed by atoms with van der Waals surface area (Å²) in [5, 5.41) is 22.3. The van der Waals surface area contributed by atoms with Crippen LogP contribution in [-0.4, -0.2) is 17.8 Å². The average molecular weight is 335 g/mol. The molecule has 0 radical (unpaired) electrons. The van der Waals surface area contributed by atoms with Crippen LogP contribution in [0.15, 0.2) is 35.4 Å². The van der Waals surface area contributed by atoms with E-state index in [1.54, 1.807) is 13.8 Å². The Labute approximate surface area is 178 Å². The molecule has 112 valence electrons. The van der Waals surface area contributed by atoms with Crippen LogP contribution >= 0.6 is 0 Å². The fourth-order valence-electron chi connectivity index (χ4n) is 1.98. The smallest absolute Gasteiger partial charge is 0.545 e. The number of benzene rings is 1. The van der Waals surface area contributed by atoms with Crippen molar-refractivity contribution in [3.05, 3.63) is 46.5 Å². The Kier molecular flexibility index (Phi) is 11.8. The van der Waals surface area contributed by atoms with E-state index in [1.807, 2.05) is 0 Å². The minimum atomic E-state index is -1.55. The first-order valence-corrected chi connectivity index (χ1v) is 6.28. The molecule has 0 aliphatic heterocycles. The molecule has 1 amide bonds.